The predicted octanol–water partition coefficient (Wildman–Crippen LogP) is 4.01. The van der Waals surface area contributed by atoms with Crippen LogP contribution >= 0.6 is 11.6 Å². The van der Waals surface area contributed by atoms with Gasteiger partial charge >= 0.3 is 0 Å². The van der Waals surface area contributed by atoms with Crippen LogP contribution in [0.4, 0.5) is 11.4 Å². The molecule has 0 unspecified atom stereocenters. The molecule has 1 amide bonds. The van der Waals surface area contributed by atoms with Crippen LogP contribution in [0.15, 0.2) is 12.1 Å². The number of hydrogen-bond acceptors (Lipinski definition) is 4. The number of aryl methyl sites for hydroxylation is 1. The topological polar surface area (TPSA) is 75.5 Å². The lowest BCUT2D eigenvalue weighted by Crippen LogP contribution is -2.42. The molecule has 0 aliphatic carbocycles. The Bertz CT molecular complexity index is 603. The molecule has 0 aromatic heterocycles. The van der Waals surface area contributed by atoms with Crippen molar-refractivity contribution in [2.45, 2.75) is 46.1 Å². The molecule has 1 aromatic carbocycles. The number of nitrogens with zero attached hydrogens (tertiary/aromatic N) is 2. The number of nitrogens with one attached hydrogen (secondary N) is 1. The maximum atomic E-state index is 12.1. The van der Waals surface area contributed by atoms with Crippen molar-refractivity contribution in [1.82, 2.24) is 4.90 Å². The number of nitro benzene ring substituents is 1. The highest BCUT2D eigenvalue weighted by atomic mass is 35.5. The Morgan fingerprint density at radius 2 is 2.04 bits per heavy atom. The number of nitro groups is 1. The van der Waals surface area contributed by atoms with Crippen molar-refractivity contribution >= 4 is 28.9 Å². The first-order valence-electron chi connectivity index (χ1n) is 8.26. The van der Waals surface area contributed by atoms with Crippen molar-refractivity contribution in [2.24, 2.45) is 5.92 Å². The molecule has 1 N–H and O–H groups in total. The summed E-state index contributed by atoms with van der Waals surface area (Å²) in [5.41, 5.74) is 1.50. The Hall–Kier alpha value is -1.82. The highest BCUT2D eigenvalue weighted by molar-refractivity contribution is 6.33. The number of amides is 1. The van der Waals surface area contributed by atoms with Gasteiger partial charge in [-0.05, 0) is 31.2 Å². The normalized spacial score (nSPS) is 15.6. The van der Waals surface area contributed by atoms with Gasteiger partial charge in [0.1, 0.15) is 0 Å². The molecule has 7 heteroatoms. The molecule has 1 aliphatic heterocycles. The fourth-order valence-corrected chi connectivity index (χ4v) is 3.29. The van der Waals surface area contributed by atoms with Gasteiger partial charge in [0.05, 0.1) is 15.6 Å². The summed E-state index contributed by atoms with van der Waals surface area (Å²) in [6.45, 7) is 7.36. The van der Waals surface area contributed by atoms with Crippen LogP contribution in [0.1, 0.15) is 38.7 Å². The van der Waals surface area contributed by atoms with E-state index in [4.69, 9.17) is 11.6 Å². The largest absolute Gasteiger partial charge is 0.381 e. The molecule has 24 heavy (non-hydrogen) atoms. The van der Waals surface area contributed by atoms with E-state index in [-0.39, 0.29) is 17.6 Å². The first-order chi connectivity index (χ1) is 11.3. The summed E-state index contributed by atoms with van der Waals surface area (Å²) in [4.78, 5) is 24.5. The van der Waals surface area contributed by atoms with Gasteiger partial charge in [-0.3, -0.25) is 14.9 Å². The fraction of sp³-hybridized carbons (Fsp3) is 0.588. The molecule has 0 spiro atoms. The Morgan fingerprint density at radius 1 is 1.42 bits per heavy atom. The summed E-state index contributed by atoms with van der Waals surface area (Å²) < 4.78 is 0. The number of non-ortho nitro benzene ring substituents is 1. The molecule has 0 atom stereocenters. The third-order valence-electron chi connectivity index (χ3n) is 4.26. The van der Waals surface area contributed by atoms with Crippen LogP contribution in [0.5, 0.6) is 0 Å². The number of rotatable bonds is 5. The van der Waals surface area contributed by atoms with Gasteiger partial charge in [-0.2, -0.15) is 0 Å². The molecule has 2 rings (SSSR count). The molecule has 6 nitrogen and oxygen atoms in total. The molecule has 1 heterocycles. The summed E-state index contributed by atoms with van der Waals surface area (Å²) >= 11 is 6.20. The van der Waals surface area contributed by atoms with Gasteiger partial charge in [0.15, 0.2) is 0 Å². The molecule has 1 aromatic rings. The summed E-state index contributed by atoms with van der Waals surface area (Å²) in [6, 6.07) is 3.11. The van der Waals surface area contributed by atoms with Crippen LogP contribution in [-0.4, -0.2) is 34.9 Å². The van der Waals surface area contributed by atoms with Gasteiger partial charge in [0.25, 0.3) is 5.69 Å². The average Bonchev–Trinajstić information content (AvgIpc) is 2.50. The minimum atomic E-state index is -0.443. The quantitative estimate of drug-likeness (QED) is 0.641. The van der Waals surface area contributed by atoms with E-state index in [0.29, 0.717) is 17.4 Å². The number of carbonyl (C=O) groups excluding carboxylic acids is 1. The van der Waals surface area contributed by atoms with Crippen molar-refractivity contribution < 1.29 is 9.72 Å². The zero-order valence-electron chi connectivity index (χ0n) is 14.3. The third kappa shape index (κ3) is 4.60. The zero-order chi connectivity index (χ0) is 17.9. The van der Waals surface area contributed by atoms with E-state index >= 15 is 0 Å². The molecular formula is C17H24ClN3O3. The van der Waals surface area contributed by atoms with Gasteiger partial charge < -0.3 is 10.2 Å². The van der Waals surface area contributed by atoms with Crippen LogP contribution in [-0.2, 0) is 4.79 Å². The standard InChI is InChI=1S/C17H24ClN3O3/c1-11(2)8-16(22)20-6-4-13(5-7-20)19-17-12(3)9-14(21(23)24)10-15(17)18/h9-11,13,19H,4-8H2,1-3H3. The number of benzene rings is 1. The van der Waals surface area contributed by atoms with E-state index in [1.165, 1.54) is 12.1 Å². The monoisotopic (exact) mass is 353 g/mol. The molecule has 0 radical (unpaired) electrons. The van der Waals surface area contributed by atoms with E-state index in [1.54, 1.807) is 0 Å². The van der Waals surface area contributed by atoms with Gasteiger partial charge in [0, 0.05) is 37.7 Å². The van der Waals surface area contributed by atoms with Crippen LogP contribution in [0.25, 0.3) is 0 Å². The molecule has 0 saturated carbocycles. The number of likely N-dealkylation sites (tertiary alicyclic amines) is 1. The second kappa shape index (κ2) is 7.83. The van der Waals surface area contributed by atoms with Crippen LogP contribution < -0.4 is 5.32 Å². The van der Waals surface area contributed by atoms with Crippen molar-refractivity contribution in [2.75, 3.05) is 18.4 Å². The second-order valence-electron chi connectivity index (χ2n) is 6.77. The maximum Gasteiger partial charge on any atom is 0.271 e. The highest BCUT2D eigenvalue weighted by Crippen LogP contribution is 2.32. The molecule has 1 saturated heterocycles. The molecular weight excluding hydrogens is 330 g/mol. The van der Waals surface area contributed by atoms with E-state index < -0.39 is 4.92 Å². The lowest BCUT2D eigenvalue weighted by atomic mass is 10.0. The van der Waals surface area contributed by atoms with Crippen molar-refractivity contribution in [1.29, 1.82) is 0 Å². The first-order valence-corrected chi connectivity index (χ1v) is 8.64. The Morgan fingerprint density at radius 3 is 2.54 bits per heavy atom. The third-order valence-corrected chi connectivity index (χ3v) is 4.56. The fourth-order valence-electron chi connectivity index (χ4n) is 2.97. The number of halogens is 1. The van der Waals surface area contributed by atoms with E-state index in [1.807, 2.05) is 25.7 Å². The van der Waals surface area contributed by atoms with Gasteiger partial charge in [-0.15, -0.1) is 0 Å². The summed E-state index contributed by atoms with van der Waals surface area (Å²) in [7, 11) is 0. The lowest BCUT2D eigenvalue weighted by molar-refractivity contribution is -0.384. The van der Waals surface area contributed by atoms with E-state index in [9.17, 15) is 14.9 Å². The molecule has 132 valence electrons. The molecule has 1 fully saturated rings. The van der Waals surface area contributed by atoms with Gasteiger partial charge in [0.2, 0.25) is 5.91 Å². The Kier molecular flexibility index (Phi) is 6.04. The van der Waals surface area contributed by atoms with Gasteiger partial charge in [-0.25, -0.2) is 0 Å². The lowest BCUT2D eigenvalue weighted by Gasteiger charge is -2.33. The summed E-state index contributed by atoms with van der Waals surface area (Å²) in [5, 5.41) is 14.6. The van der Waals surface area contributed by atoms with E-state index in [0.717, 1.165) is 37.2 Å². The van der Waals surface area contributed by atoms with Crippen molar-refractivity contribution in [3.05, 3.63) is 32.8 Å². The maximum absolute atomic E-state index is 12.1. The predicted molar refractivity (Wildman–Crippen MR) is 95.5 cm³/mol. The number of piperidine rings is 1. The second-order valence-corrected chi connectivity index (χ2v) is 7.18. The van der Waals surface area contributed by atoms with Crippen molar-refractivity contribution in [3.8, 4) is 0 Å². The van der Waals surface area contributed by atoms with Crippen LogP contribution in [0.2, 0.25) is 5.02 Å². The summed E-state index contributed by atoms with van der Waals surface area (Å²) in [6.07, 6.45) is 2.28. The summed E-state index contributed by atoms with van der Waals surface area (Å²) in [5.74, 6) is 0.586. The number of hydrogen-bond donors (Lipinski definition) is 1. The van der Waals surface area contributed by atoms with E-state index in [2.05, 4.69) is 5.32 Å². The Labute approximate surface area is 147 Å². The first kappa shape index (κ1) is 18.5. The zero-order valence-corrected chi connectivity index (χ0v) is 15.1. The highest BCUT2D eigenvalue weighted by Gasteiger charge is 2.24. The Balaban J connectivity index is 1.97. The van der Waals surface area contributed by atoms with Crippen LogP contribution in [0, 0.1) is 23.0 Å². The minimum Gasteiger partial charge on any atom is -0.381 e. The van der Waals surface area contributed by atoms with Crippen LogP contribution in [0.3, 0.4) is 0 Å². The smallest absolute Gasteiger partial charge is 0.271 e. The number of anilines is 1. The van der Waals surface area contributed by atoms with Crippen molar-refractivity contribution in [3.63, 3.8) is 0 Å². The number of carbonyl (C=O) groups is 1. The minimum absolute atomic E-state index is 0.00264. The SMILES string of the molecule is Cc1cc([N+](=O)[O-])cc(Cl)c1NC1CCN(C(=O)CC(C)C)CC1. The van der Waals surface area contributed by atoms with Gasteiger partial charge in [-0.1, -0.05) is 25.4 Å². The molecule has 1 aliphatic rings. The molecule has 0 bridgehead atoms. The average molecular weight is 354 g/mol.